The maximum atomic E-state index is 6.18. The largest absolute Gasteiger partial charge is 0.371 e. The number of hydrogen-bond donors (Lipinski definition) is 1. The zero-order valence-corrected chi connectivity index (χ0v) is 13.7. The summed E-state index contributed by atoms with van der Waals surface area (Å²) in [6.07, 6.45) is 4.47. The van der Waals surface area contributed by atoms with E-state index in [4.69, 9.17) is 17.3 Å². The third-order valence-corrected chi connectivity index (χ3v) is 4.52. The number of hydrogen-bond acceptors (Lipinski definition) is 2. The molecule has 0 spiro atoms. The van der Waals surface area contributed by atoms with Crippen LogP contribution in [0.3, 0.4) is 0 Å². The van der Waals surface area contributed by atoms with Gasteiger partial charge in [0.2, 0.25) is 0 Å². The van der Waals surface area contributed by atoms with Crippen molar-refractivity contribution in [3.05, 3.63) is 28.8 Å². The molecule has 1 atom stereocenters. The first-order valence-electron chi connectivity index (χ1n) is 7.70. The highest BCUT2D eigenvalue weighted by Gasteiger charge is 2.27. The van der Waals surface area contributed by atoms with Crippen molar-refractivity contribution in [1.29, 1.82) is 0 Å². The number of nitrogens with two attached hydrogens (primary N) is 1. The molecule has 0 amide bonds. The van der Waals surface area contributed by atoms with Crippen LogP contribution in [-0.4, -0.2) is 19.1 Å². The minimum Gasteiger partial charge on any atom is -0.371 e. The molecule has 0 aliphatic carbocycles. The van der Waals surface area contributed by atoms with Gasteiger partial charge in [-0.3, -0.25) is 0 Å². The molecule has 2 N–H and O–H groups in total. The molecule has 1 fully saturated rings. The molecule has 0 radical (unpaired) electrons. The van der Waals surface area contributed by atoms with Gasteiger partial charge >= 0.3 is 0 Å². The van der Waals surface area contributed by atoms with Crippen molar-refractivity contribution in [3.8, 4) is 0 Å². The number of anilines is 1. The third kappa shape index (κ3) is 3.89. The lowest BCUT2D eigenvalue weighted by atomic mass is 9.83. The number of rotatable bonds is 4. The minimum absolute atomic E-state index is 0.213. The minimum atomic E-state index is 0.213. The van der Waals surface area contributed by atoms with Crippen LogP contribution in [0.2, 0.25) is 5.02 Å². The second kappa shape index (κ2) is 6.36. The molecular weight excluding hydrogens is 268 g/mol. The van der Waals surface area contributed by atoms with Gasteiger partial charge in [-0.1, -0.05) is 32.4 Å². The monoisotopic (exact) mass is 294 g/mol. The van der Waals surface area contributed by atoms with Crippen LogP contribution in [0.25, 0.3) is 0 Å². The maximum Gasteiger partial charge on any atom is 0.0410 e. The molecule has 0 bridgehead atoms. The molecule has 1 unspecified atom stereocenters. The summed E-state index contributed by atoms with van der Waals surface area (Å²) in [7, 11) is 0. The number of halogens is 1. The van der Waals surface area contributed by atoms with Crippen LogP contribution in [0.5, 0.6) is 0 Å². The molecule has 112 valence electrons. The Morgan fingerprint density at radius 1 is 1.40 bits per heavy atom. The van der Waals surface area contributed by atoms with E-state index in [0.717, 1.165) is 31.0 Å². The Hall–Kier alpha value is -0.730. The van der Waals surface area contributed by atoms with Crippen LogP contribution in [0, 0.1) is 5.41 Å². The Kier molecular flexibility index (Phi) is 4.98. The van der Waals surface area contributed by atoms with E-state index in [9.17, 15) is 0 Å². The molecule has 0 aromatic heterocycles. The van der Waals surface area contributed by atoms with Crippen molar-refractivity contribution in [2.24, 2.45) is 11.1 Å². The smallest absolute Gasteiger partial charge is 0.0410 e. The summed E-state index contributed by atoms with van der Waals surface area (Å²) in [5.41, 5.74) is 9.16. The van der Waals surface area contributed by atoms with E-state index in [-0.39, 0.29) is 6.04 Å². The summed E-state index contributed by atoms with van der Waals surface area (Å²) in [4.78, 5) is 2.51. The van der Waals surface area contributed by atoms with E-state index < -0.39 is 0 Å². The predicted octanol–water partition coefficient (Wildman–Crippen LogP) is 4.25. The fraction of sp³-hybridized carbons (Fsp3) is 0.647. The fourth-order valence-electron chi connectivity index (χ4n) is 3.08. The number of piperidine rings is 1. The Labute approximate surface area is 128 Å². The van der Waals surface area contributed by atoms with Gasteiger partial charge in [0.1, 0.15) is 0 Å². The molecule has 1 aromatic carbocycles. The summed E-state index contributed by atoms with van der Waals surface area (Å²) in [6.45, 7) is 9.10. The van der Waals surface area contributed by atoms with Gasteiger partial charge in [0, 0.05) is 29.8 Å². The average Bonchev–Trinajstić information content (AvgIpc) is 2.37. The summed E-state index contributed by atoms with van der Waals surface area (Å²) >= 11 is 6.18. The quantitative estimate of drug-likeness (QED) is 0.899. The van der Waals surface area contributed by atoms with E-state index in [2.05, 4.69) is 37.8 Å². The van der Waals surface area contributed by atoms with Gasteiger partial charge < -0.3 is 10.6 Å². The lowest BCUT2D eigenvalue weighted by molar-refractivity contribution is 0.293. The van der Waals surface area contributed by atoms with Crippen LogP contribution >= 0.6 is 11.6 Å². The molecule has 1 heterocycles. The van der Waals surface area contributed by atoms with Crippen LogP contribution in [-0.2, 0) is 6.42 Å². The molecular formula is C17H27ClN2. The predicted molar refractivity (Wildman–Crippen MR) is 88.7 cm³/mol. The normalized spacial score (nSPS) is 19.9. The SMILES string of the molecule is CCC(N)Cc1cc(Cl)ccc1N1CCCC(C)(C)C1. The first kappa shape index (κ1) is 15.7. The van der Waals surface area contributed by atoms with Gasteiger partial charge in [-0.2, -0.15) is 0 Å². The van der Waals surface area contributed by atoms with Crippen molar-refractivity contribution >= 4 is 17.3 Å². The summed E-state index contributed by atoms with van der Waals surface area (Å²) in [6, 6.07) is 6.47. The summed E-state index contributed by atoms with van der Waals surface area (Å²) in [5, 5.41) is 0.809. The highest BCUT2D eigenvalue weighted by Crippen LogP contribution is 2.34. The van der Waals surface area contributed by atoms with E-state index in [0.29, 0.717) is 5.41 Å². The third-order valence-electron chi connectivity index (χ3n) is 4.29. The van der Waals surface area contributed by atoms with Crippen LogP contribution in [0.4, 0.5) is 5.69 Å². The fourth-order valence-corrected chi connectivity index (χ4v) is 3.28. The second-order valence-corrected chi connectivity index (χ2v) is 7.27. The molecule has 1 aliphatic heterocycles. The van der Waals surface area contributed by atoms with Gasteiger partial charge in [0.15, 0.2) is 0 Å². The zero-order chi connectivity index (χ0) is 14.8. The lowest BCUT2D eigenvalue weighted by Gasteiger charge is -2.40. The maximum absolute atomic E-state index is 6.18. The van der Waals surface area contributed by atoms with Crippen LogP contribution in [0.1, 0.15) is 45.6 Å². The van der Waals surface area contributed by atoms with Crippen LogP contribution in [0.15, 0.2) is 18.2 Å². The van der Waals surface area contributed by atoms with Gasteiger partial charge in [-0.25, -0.2) is 0 Å². The Bertz CT molecular complexity index is 456. The number of nitrogens with zero attached hydrogens (tertiary/aromatic N) is 1. The zero-order valence-electron chi connectivity index (χ0n) is 13.0. The van der Waals surface area contributed by atoms with Crippen molar-refractivity contribution < 1.29 is 0 Å². The van der Waals surface area contributed by atoms with Gasteiger partial charge in [0.05, 0.1) is 0 Å². The first-order chi connectivity index (χ1) is 9.41. The highest BCUT2D eigenvalue weighted by molar-refractivity contribution is 6.30. The van der Waals surface area contributed by atoms with Gasteiger partial charge in [-0.15, -0.1) is 0 Å². The second-order valence-electron chi connectivity index (χ2n) is 6.83. The van der Waals surface area contributed by atoms with Crippen LogP contribution < -0.4 is 10.6 Å². The summed E-state index contributed by atoms with van der Waals surface area (Å²) in [5.74, 6) is 0. The molecule has 20 heavy (non-hydrogen) atoms. The van der Waals surface area contributed by atoms with E-state index >= 15 is 0 Å². The lowest BCUT2D eigenvalue weighted by Crippen LogP contribution is -2.40. The van der Waals surface area contributed by atoms with E-state index in [1.807, 2.05) is 6.07 Å². The average molecular weight is 295 g/mol. The summed E-state index contributed by atoms with van der Waals surface area (Å²) < 4.78 is 0. The van der Waals surface area contributed by atoms with Crippen molar-refractivity contribution in [2.75, 3.05) is 18.0 Å². The number of benzene rings is 1. The van der Waals surface area contributed by atoms with Crippen molar-refractivity contribution in [3.63, 3.8) is 0 Å². The molecule has 0 saturated carbocycles. The van der Waals surface area contributed by atoms with E-state index in [1.54, 1.807) is 0 Å². The van der Waals surface area contributed by atoms with Crippen molar-refractivity contribution in [1.82, 2.24) is 0 Å². The standard InChI is InChI=1S/C17H27ClN2/c1-4-15(19)11-13-10-14(18)6-7-16(13)20-9-5-8-17(2,3)12-20/h6-7,10,15H,4-5,8-9,11-12,19H2,1-3H3. The highest BCUT2D eigenvalue weighted by atomic mass is 35.5. The van der Waals surface area contributed by atoms with Gasteiger partial charge in [-0.05, 0) is 54.9 Å². The Morgan fingerprint density at radius 3 is 2.80 bits per heavy atom. The molecule has 1 saturated heterocycles. The Morgan fingerprint density at radius 2 is 2.15 bits per heavy atom. The topological polar surface area (TPSA) is 29.3 Å². The van der Waals surface area contributed by atoms with Crippen molar-refractivity contribution in [2.45, 2.75) is 52.5 Å². The molecule has 2 rings (SSSR count). The molecule has 2 nitrogen and oxygen atoms in total. The molecule has 1 aromatic rings. The van der Waals surface area contributed by atoms with Gasteiger partial charge in [0.25, 0.3) is 0 Å². The van der Waals surface area contributed by atoms with E-state index in [1.165, 1.54) is 24.1 Å². The first-order valence-corrected chi connectivity index (χ1v) is 8.08. The Balaban J connectivity index is 2.26. The molecule has 3 heteroatoms. The molecule has 1 aliphatic rings.